The van der Waals surface area contributed by atoms with Crippen LogP contribution in [0.1, 0.15) is 0 Å². The molecule has 0 fully saturated rings. The van der Waals surface area contributed by atoms with E-state index in [0.29, 0.717) is 16.9 Å². The first kappa shape index (κ1) is 14.7. The molecule has 0 bridgehead atoms. The lowest BCUT2D eigenvalue weighted by Crippen LogP contribution is -2.33. The van der Waals surface area contributed by atoms with E-state index in [0.717, 1.165) is 19.7 Å². The Hall–Kier alpha value is -1.86. The van der Waals surface area contributed by atoms with Gasteiger partial charge in [0.05, 0.1) is 18.3 Å². The summed E-state index contributed by atoms with van der Waals surface area (Å²) in [5.41, 5.74) is 0.724. The monoisotopic (exact) mass is 436 g/mol. The maximum absolute atomic E-state index is 12.7. The van der Waals surface area contributed by atoms with Crippen molar-refractivity contribution >= 4 is 48.1 Å². The molecular weight excluding hydrogens is 428 g/mol. The molecule has 0 spiro atoms. The molecule has 0 atom stereocenters. The molecule has 2 aliphatic heterocycles. The molecule has 2 aromatic rings. The molecule has 23 heavy (non-hydrogen) atoms. The quantitative estimate of drug-likeness (QED) is 0.429. The van der Waals surface area contributed by atoms with E-state index in [2.05, 4.69) is 31.9 Å². The van der Waals surface area contributed by atoms with Gasteiger partial charge < -0.3 is 9.30 Å². The lowest BCUT2D eigenvalue weighted by Gasteiger charge is -2.15. The number of rotatable bonds is 1. The molecule has 0 saturated heterocycles. The lowest BCUT2D eigenvalue weighted by molar-refractivity contribution is 0.407. The maximum atomic E-state index is 12.7. The van der Waals surface area contributed by atoms with Crippen molar-refractivity contribution in [2.24, 2.45) is 7.05 Å². The summed E-state index contributed by atoms with van der Waals surface area (Å²) in [4.78, 5) is 25.1. The Labute approximate surface area is 147 Å². The zero-order chi connectivity index (χ0) is 16.5. The molecule has 4 rings (SSSR count). The van der Waals surface area contributed by atoms with Crippen LogP contribution >= 0.6 is 31.9 Å². The van der Waals surface area contributed by atoms with Gasteiger partial charge in [-0.2, -0.15) is 0 Å². The number of benzene rings is 1. The first-order valence-electron chi connectivity index (χ1n) is 6.78. The van der Waals surface area contributed by atoms with E-state index >= 15 is 0 Å². The van der Waals surface area contributed by atoms with Crippen molar-refractivity contribution in [3.63, 3.8) is 0 Å². The van der Waals surface area contributed by atoms with Gasteiger partial charge in [-0.15, -0.1) is 0 Å². The first-order chi connectivity index (χ1) is 11.0. The topological polar surface area (TPSA) is 52.7 Å². The highest BCUT2D eigenvalue weighted by Crippen LogP contribution is 2.41. The van der Waals surface area contributed by atoms with E-state index in [4.69, 9.17) is 4.74 Å². The highest BCUT2D eigenvalue weighted by Gasteiger charge is 2.27. The van der Waals surface area contributed by atoms with Gasteiger partial charge in [-0.05, 0) is 34.1 Å². The summed E-state index contributed by atoms with van der Waals surface area (Å²) in [6.45, 7) is 0. The van der Waals surface area contributed by atoms with Gasteiger partial charge in [0.2, 0.25) is 0 Å². The minimum Gasteiger partial charge on any atom is -0.491 e. The van der Waals surface area contributed by atoms with Crippen molar-refractivity contribution < 1.29 is 4.74 Å². The standard InChI is InChI=1S/C16H10Br2N2O3/c1-19-4-3-8-9-5-7(17)6-10(18)11(9)20-12(8)13(19)15(23-2)14(21)16(20)22/h3-6H,1-2H3. The van der Waals surface area contributed by atoms with Gasteiger partial charge in [0.1, 0.15) is 5.69 Å². The normalized spacial score (nSPS) is 11.8. The number of hydrogen-bond acceptors (Lipinski definition) is 3. The fourth-order valence-electron chi connectivity index (χ4n) is 3.15. The molecule has 0 radical (unpaired) electrons. The summed E-state index contributed by atoms with van der Waals surface area (Å²) in [6, 6.07) is 5.74. The second kappa shape index (κ2) is 4.82. The van der Waals surface area contributed by atoms with Crippen molar-refractivity contribution in [2.75, 3.05) is 7.11 Å². The van der Waals surface area contributed by atoms with Crippen LogP contribution in [0.3, 0.4) is 0 Å². The van der Waals surface area contributed by atoms with Crippen LogP contribution < -0.4 is 15.7 Å². The van der Waals surface area contributed by atoms with Gasteiger partial charge in [-0.3, -0.25) is 14.0 Å². The Kier molecular flexibility index (Phi) is 3.08. The third kappa shape index (κ3) is 1.77. The Morgan fingerprint density at radius 3 is 2.52 bits per heavy atom. The average molecular weight is 438 g/mol. The predicted molar refractivity (Wildman–Crippen MR) is 96.2 cm³/mol. The van der Waals surface area contributed by atoms with Crippen molar-refractivity contribution in [2.45, 2.75) is 0 Å². The predicted octanol–water partition coefficient (Wildman–Crippen LogP) is 3.23. The summed E-state index contributed by atoms with van der Waals surface area (Å²) < 4.78 is 10.1. The van der Waals surface area contributed by atoms with E-state index in [-0.39, 0.29) is 5.75 Å². The van der Waals surface area contributed by atoms with E-state index in [1.807, 2.05) is 31.4 Å². The van der Waals surface area contributed by atoms with Crippen LogP contribution in [0.4, 0.5) is 0 Å². The number of aromatic nitrogens is 2. The zero-order valence-corrected chi connectivity index (χ0v) is 15.4. The smallest absolute Gasteiger partial charge is 0.307 e. The molecular formula is C16H10Br2N2O3. The highest BCUT2D eigenvalue weighted by molar-refractivity contribution is 9.11. The SMILES string of the molecule is COc1c2n(C)ccc3c-2n(c(=O)c1=O)c1c(Br)cc(Br)cc31. The summed E-state index contributed by atoms with van der Waals surface area (Å²) in [6.07, 6.45) is 1.86. The van der Waals surface area contributed by atoms with Crippen LogP contribution in [0.15, 0.2) is 42.9 Å². The number of methoxy groups -OCH3 is 1. The summed E-state index contributed by atoms with van der Waals surface area (Å²) in [5.74, 6) is 0.0774. The molecule has 0 saturated carbocycles. The van der Waals surface area contributed by atoms with Crippen LogP contribution in [-0.2, 0) is 7.05 Å². The second-order valence-corrected chi connectivity index (χ2v) is 7.09. The van der Waals surface area contributed by atoms with Crippen molar-refractivity contribution in [3.8, 4) is 17.1 Å². The molecule has 0 amide bonds. The minimum absolute atomic E-state index is 0.0774. The number of aryl methyl sites for hydroxylation is 1. The largest absolute Gasteiger partial charge is 0.491 e. The Morgan fingerprint density at radius 2 is 1.83 bits per heavy atom. The van der Waals surface area contributed by atoms with Crippen LogP contribution in [0, 0.1) is 0 Å². The molecule has 1 aromatic heterocycles. The molecule has 3 heterocycles. The van der Waals surface area contributed by atoms with Gasteiger partial charge in [0, 0.05) is 33.0 Å². The first-order valence-corrected chi connectivity index (χ1v) is 8.36. The van der Waals surface area contributed by atoms with Gasteiger partial charge in [0.25, 0.3) is 5.43 Å². The minimum atomic E-state index is -0.643. The van der Waals surface area contributed by atoms with Crippen molar-refractivity contribution in [1.29, 1.82) is 0 Å². The maximum Gasteiger partial charge on any atom is 0.307 e. The number of fused-ring (bicyclic) bond motifs is 3. The van der Waals surface area contributed by atoms with Crippen LogP contribution in [0.2, 0.25) is 0 Å². The van der Waals surface area contributed by atoms with E-state index in [1.165, 1.54) is 11.5 Å². The third-order valence-corrected chi connectivity index (χ3v) is 5.15. The van der Waals surface area contributed by atoms with Crippen LogP contribution in [-0.4, -0.2) is 16.1 Å². The number of halogens is 2. The van der Waals surface area contributed by atoms with Crippen LogP contribution in [0.5, 0.6) is 5.75 Å². The molecule has 2 aliphatic rings. The fourth-order valence-corrected chi connectivity index (χ4v) is 4.56. The van der Waals surface area contributed by atoms with Crippen LogP contribution in [0.25, 0.3) is 27.7 Å². The highest BCUT2D eigenvalue weighted by atomic mass is 79.9. The number of pyridine rings is 2. The zero-order valence-electron chi connectivity index (χ0n) is 12.2. The molecule has 0 unspecified atom stereocenters. The molecule has 0 N–H and O–H groups in total. The molecule has 0 aliphatic carbocycles. The molecule has 1 aromatic carbocycles. The summed E-state index contributed by atoms with van der Waals surface area (Å²) >= 11 is 6.98. The van der Waals surface area contributed by atoms with E-state index in [9.17, 15) is 9.59 Å². The van der Waals surface area contributed by atoms with Gasteiger partial charge in [0.15, 0.2) is 5.75 Å². The van der Waals surface area contributed by atoms with Crippen molar-refractivity contribution in [1.82, 2.24) is 8.97 Å². The summed E-state index contributed by atoms with van der Waals surface area (Å²) in [7, 11) is 3.23. The number of nitrogens with zero attached hydrogens (tertiary/aromatic N) is 2. The Bertz CT molecular complexity index is 1180. The second-order valence-electron chi connectivity index (χ2n) is 5.32. The average Bonchev–Trinajstić information content (AvgIpc) is 2.83. The van der Waals surface area contributed by atoms with E-state index in [1.54, 1.807) is 4.57 Å². The number of ether oxygens (including phenoxy) is 1. The van der Waals surface area contributed by atoms with Gasteiger partial charge in [-0.25, -0.2) is 0 Å². The molecule has 116 valence electrons. The number of hydrogen-bond donors (Lipinski definition) is 0. The Balaban J connectivity index is 2.48. The van der Waals surface area contributed by atoms with Gasteiger partial charge in [-0.1, -0.05) is 15.9 Å². The third-order valence-electron chi connectivity index (χ3n) is 4.09. The van der Waals surface area contributed by atoms with E-state index < -0.39 is 11.0 Å². The van der Waals surface area contributed by atoms with Gasteiger partial charge >= 0.3 is 5.56 Å². The Morgan fingerprint density at radius 1 is 1.09 bits per heavy atom. The molecule has 7 heteroatoms. The lowest BCUT2D eigenvalue weighted by atomic mass is 10.1. The fraction of sp³-hybridized carbons (Fsp3) is 0.125. The van der Waals surface area contributed by atoms with Crippen molar-refractivity contribution in [3.05, 3.63) is 53.9 Å². The molecule has 5 nitrogen and oxygen atoms in total. The summed E-state index contributed by atoms with van der Waals surface area (Å²) in [5, 5.41) is 1.78.